The summed E-state index contributed by atoms with van der Waals surface area (Å²) < 4.78 is 0. The number of nitro groups is 1. The summed E-state index contributed by atoms with van der Waals surface area (Å²) >= 11 is 5.81. The number of nitro benzene ring substituents is 1. The summed E-state index contributed by atoms with van der Waals surface area (Å²) in [6.07, 6.45) is 0. The summed E-state index contributed by atoms with van der Waals surface area (Å²) in [6, 6.07) is 3.33. The maximum atomic E-state index is 10.6. The van der Waals surface area contributed by atoms with Gasteiger partial charge >= 0.3 is 0 Å². The standard InChI is InChI=1S/C9H11ClN2O2/c1-6-4-7(11(2)3)5-8(10)9(6)12(13)14/h4-5H,1-3H3. The van der Waals surface area contributed by atoms with Crippen LogP contribution >= 0.6 is 11.6 Å². The first-order valence-electron chi connectivity index (χ1n) is 4.05. The van der Waals surface area contributed by atoms with Gasteiger partial charge in [-0.25, -0.2) is 0 Å². The largest absolute Gasteiger partial charge is 0.378 e. The lowest BCUT2D eigenvalue weighted by Gasteiger charge is -2.13. The third-order valence-electron chi connectivity index (χ3n) is 1.94. The highest BCUT2D eigenvalue weighted by Gasteiger charge is 2.17. The van der Waals surface area contributed by atoms with Gasteiger partial charge in [-0.1, -0.05) is 11.6 Å². The molecule has 0 fully saturated rings. The van der Waals surface area contributed by atoms with Crippen molar-refractivity contribution in [3.8, 4) is 0 Å². The van der Waals surface area contributed by atoms with Crippen LogP contribution in [0.3, 0.4) is 0 Å². The molecule has 14 heavy (non-hydrogen) atoms. The highest BCUT2D eigenvalue weighted by atomic mass is 35.5. The third-order valence-corrected chi connectivity index (χ3v) is 2.23. The van der Waals surface area contributed by atoms with Crippen LogP contribution in [0.2, 0.25) is 5.02 Å². The van der Waals surface area contributed by atoms with Gasteiger partial charge in [-0.05, 0) is 19.1 Å². The fraction of sp³-hybridized carbons (Fsp3) is 0.333. The van der Waals surface area contributed by atoms with E-state index in [9.17, 15) is 10.1 Å². The number of benzene rings is 1. The van der Waals surface area contributed by atoms with E-state index in [1.54, 1.807) is 19.1 Å². The predicted molar refractivity (Wildman–Crippen MR) is 57.2 cm³/mol. The minimum Gasteiger partial charge on any atom is -0.378 e. The van der Waals surface area contributed by atoms with E-state index in [1.165, 1.54) is 0 Å². The van der Waals surface area contributed by atoms with E-state index in [-0.39, 0.29) is 10.7 Å². The Morgan fingerprint density at radius 1 is 1.43 bits per heavy atom. The summed E-state index contributed by atoms with van der Waals surface area (Å²) in [5.74, 6) is 0. The van der Waals surface area contributed by atoms with Crippen molar-refractivity contribution < 1.29 is 4.92 Å². The van der Waals surface area contributed by atoms with Gasteiger partial charge in [0, 0.05) is 25.3 Å². The second-order valence-corrected chi connectivity index (χ2v) is 3.65. The molecule has 0 aliphatic carbocycles. The Morgan fingerprint density at radius 2 is 2.00 bits per heavy atom. The number of hydrogen-bond acceptors (Lipinski definition) is 3. The van der Waals surface area contributed by atoms with Crippen LogP contribution in [0.25, 0.3) is 0 Å². The molecule has 1 aromatic rings. The van der Waals surface area contributed by atoms with Crippen LogP contribution in [0, 0.1) is 17.0 Å². The summed E-state index contributed by atoms with van der Waals surface area (Å²) in [5.41, 5.74) is 1.42. The Balaban J connectivity index is 3.32. The molecule has 1 aromatic carbocycles. The van der Waals surface area contributed by atoms with E-state index in [1.807, 2.05) is 19.0 Å². The fourth-order valence-electron chi connectivity index (χ4n) is 1.21. The highest BCUT2D eigenvalue weighted by Crippen LogP contribution is 2.32. The zero-order valence-electron chi connectivity index (χ0n) is 8.24. The molecule has 0 unspecified atom stereocenters. The average Bonchev–Trinajstić information content (AvgIpc) is 2.01. The van der Waals surface area contributed by atoms with Crippen molar-refractivity contribution in [1.82, 2.24) is 0 Å². The molecule has 0 radical (unpaired) electrons. The molecule has 0 atom stereocenters. The van der Waals surface area contributed by atoms with Crippen LogP contribution in [-0.4, -0.2) is 19.0 Å². The van der Waals surface area contributed by atoms with Crippen LogP contribution in [-0.2, 0) is 0 Å². The number of halogens is 1. The molecule has 0 amide bonds. The Hall–Kier alpha value is -1.29. The zero-order valence-corrected chi connectivity index (χ0v) is 9.00. The van der Waals surface area contributed by atoms with Crippen molar-refractivity contribution in [1.29, 1.82) is 0 Å². The van der Waals surface area contributed by atoms with Crippen molar-refractivity contribution >= 4 is 23.0 Å². The number of anilines is 1. The van der Waals surface area contributed by atoms with E-state index >= 15 is 0 Å². The van der Waals surface area contributed by atoms with Gasteiger partial charge in [0.05, 0.1) is 4.92 Å². The molecule has 0 saturated carbocycles. The number of rotatable bonds is 2. The van der Waals surface area contributed by atoms with Crippen LogP contribution in [0.15, 0.2) is 12.1 Å². The molecule has 0 bridgehead atoms. The Labute approximate surface area is 87.2 Å². The Morgan fingerprint density at radius 3 is 2.36 bits per heavy atom. The van der Waals surface area contributed by atoms with E-state index in [0.717, 1.165) is 5.69 Å². The van der Waals surface area contributed by atoms with Gasteiger partial charge in [-0.3, -0.25) is 10.1 Å². The minimum absolute atomic E-state index is 0.0164. The monoisotopic (exact) mass is 214 g/mol. The van der Waals surface area contributed by atoms with Gasteiger partial charge in [0.15, 0.2) is 0 Å². The SMILES string of the molecule is Cc1cc(N(C)C)cc(Cl)c1[N+](=O)[O-]. The average molecular weight is 215 g/mol. The molecule has 0 heterocycles. The van der Waals surface area contributed by atoms with E-state index in [0.29, 0.717) is 5.56 Å². The molecule has 5 heteroatoms. The first-order valence-corrected chi connectivity index (χ1v) is 4.43. The predicted octanol–water partition coefficient (Wildman–Crippen LogP) is 2.62. The first kappa shape index (κ1) is 10.8. The van der Waals surface area contributed by atoms with Crippen molar-refractivity contribution in [2.45, 2.75) is 6.92 Å². The Kier molecular flexibility index (Phi) is 2.96. The van der Waals surface area contributed by atoms with Gasteiger partial charge in [0.25, 0.3) is 5.69 Å². The lowest BCUT2D eigenvalue weighted by molar-refractivity contribution is -0.385. The third kappa shape index (κ3) is 1.96. The molecule has 0 aliphatic heterocycles. The van der Waals surface area contributed by atoms with Crippen LogP contribution < -0.4 is 4.90 Å². The number of aryl methyl sites for hydroxylation is 1. The molecular formula is C9H11ClN2O2. The molecule has 0 aliphatic rings. The molecule has 4 nitrogen and oxygen atoms in total. The van der Waals surface area contributed by atoms with Gasteiger partial charge in [0.1, 0.15) is 5.02 Å². The Bertz CT molecular complexity index is 354. The van der Waals surface area contributed by atoms with E-state index < -0.39 is 4.92 Å². The van der Waals surface area contributed by atoms with Gasteiger partial charge in [-0.15, -0.1) is 0 Å². The summed E-state index contributed by atoms with van der Waals surface area (Å²) in [5, 5.41) is 10.8. The number of hydrogen-bond donors (Lipinski definition) is 0. The molecule has 0 saturated heterocycles. The van der Waals surface area contributed by atoms with Crippen LogP contribution in [0.5, 0.6) is 0 Å². The van der Waals surface area contributed by atoms with Gasteiger partial charge < -0.3 is 4.90 Å². The molecule has 76 valence electrons. The quantitative estimate of drug-likeness (QED) is 0.562. The van der Waals surface area contributed by atoms with E-state index in [2.05, 4.69) is 0 Å². The lowest BCUT2D eigenvalue weighted by Crippen LogP contribution is -2.09. The summed E-state index contributed by atoms with van der Waals surface area (Å²) in [4.78, 5) is 12.0. The van der Waals surface area contributed by atoms with Crippen molar-refractivity contribution in [3.05, 3.63) is 32.8 Å². The van der Waals surface area contributed by atoms with Gasteiger partial charge in [-0.2, -0.15) is 0 Å². The molecule has 0 N–H and O–H groups in total. The lowest BCUT2D eigenvalue weighted by atomic mass is 10.1. The second kappa shape index (κ2) is 3.84. The summed E-state index contributed by atoms with van der Waals surface area (Å²) in [7, 11) is 3.72. The fourth-order valence-corrected chi connectivity index (χ4v) is 1.54. The minimum atomic E-state index is -0.461. The summed E-state index contributed by atoms with van der Waals surface area (Å²) in [6.45, 7) is 1.68. The van der Waals surface area contributed by atoms with Crippen LogP contribution in [0.4, 0.5) is 11.4 Å². The van der Waals surface area contributed by atoms with Gasteiger partial charge in [0.2, 0.25) is 0 Å². The first-order chi connectivity index (χ1) is 6.43. The normalized spacial score (nSPS) is 10.0. The molecule has 1 rings (SSSR count). The maximum absolute atomic E-state index is 10.6. The molecular weight excluding hydrogens is 204 g/mol. The highest BCUT2D eigenvalue weighted by molar-refractivity contribution is 6.33. The van der Waals surface area contributed by atoms with Crippen molar-refractivity contribution in [2.24, 2.45) is 0 Å². The van der Waals surface area contributed by atoms with Crippen molar-refractivity contribution in [3.63, 3.8) is 0 Å². The van der Waals surface area contributed by atoms with Crippen LogP contribution in [0.1, 0.15) is 5.56 Å². The topological polar surface area (TPSA) is 46.4 Å². The maximum Gasteiger partial charge on any atom is 0.290 e. The number of nitrogens with zero attached hydrogens (tertiary/aromatic N) is 2. The second-order valence-electron chi connectivity index (χ2n) is 3.24. The zero-order chi connectivity index (χ0) is 10.9. The van der Waals surface area contributed by atoms with Crippen molar-refractivity contribution in [2.75, 3.05) is 19.0 Å². The smallest absolute Gasteiger partial charge is 0.290 e. The molecule has 0 aromatic heterocycles. The van der Waals surface area contributed by atoms with E-state index in [4.69, 9.17) is 11.6 Å². The molecule has 0 spiro atoms.